The Balaban J connectivity index is 2.39. The number of carbonyl (C=O) groups excluding carboxylic acids is 1. The van der Waals surface area contributed by atoms with Gasteiger partial charge in [-0.1, -0.05) is 17.7 Å². The maximum atomic E-state index is 10.7. The van der Waals surface area contributed by atoms with Gasteiger partial charge in [-0.3, -0.25) is 4.79 Å². The van der Waals surface area contributed by atoms with E-state index < -0.39 is 12.0 Å². The molecule has 1 aromatic rings. The minimum atomic E-state index is -0.890. The second-order valence-corrected chi connectivity index (χ2v) is 4.62. The van der Waals surface area contributed by atoms with E-state index >= 15 is 0 Å². The summed E-state index contributed by atoms with van der Waals surface area (Å²) < 4.78 is 2.95. The Bertz CT molecular complexity index is 378. The van der Waals surface area contributed by atoms with Crippen LogP contribution in [-0.2, 0) is 9.59 Å². The maximum absolute atomic E-state index is 10.7. The lowest BCUT2D eigenvalue weighted by atomic mass is 10.2. The second kappa shape index (κ2) is 7.09. The molecular weight excluding hydrogens is 238 g/mol. The first kappa shape index (κ1) is 13.7. The maximum Gasteiger partial charge on any atom is 0.303 e. The summed E-state index contributed by atoms with van der Waals surface area (Å²) in [6.07, 6.45) is 1.03. The van der Waals surface area contributed by atoms with E-state index in [0.29, 0.717) is 6.42 Å². The SMILES string of the molecule is Cc1ccc(SN[C@H](C=O)CCC(=O)O)cc1. The highest BCUT2D eigenvalue weighted by Gasteiger charge is 2.09. The molecule has 17 heavy (non-hydrogen) atoms. The smallest absolute Gasteiger partial charge is 0.303 e. The number of hydrogen-bond acceptors (Lipinski definition) is 4. The van der Waals surface area contributed by atoms with E-state index in [1.54, 1.807) is 0 Å². The van der Waals surface area contributed by atoms with Crippen molar-refractivity contribution in [2.75, 3.05) is 0 Å². The number of benzene rings is 1. The molecule has 1 rings (SSSR count). The first-order chi connectivity index (χ1) is 8.11. The Labute approximate surface area is 105 Å². The summed E-state index contributed by atoms with van der Waals surface area (Å²) in [5, 5.41) is 8.52. The average molecular weight is 253 g/mol. The molecule has 0 saturated heterocycles. The number of carboxylic acid groups (broad SMARTS) is 1. The van der Waals surface area contributed by atoms with Crippen LogP contribution in [-0.4, -0.2) is 23.4 Å². The van der Waals surface area contributed by atoms with E-state index in [9.17, 15) is 9.59 Å². The predicted octanol–water partition coefficient (Wildman–Crippen LogP) is 2.02. The molecule has 1 atom stereocenters. The largest absolute Gasteiger partial charge is 0.481 e. The Morgan fingerprint density at radius 3 is 2.65 bits per heavy atom. The lowest BCUT2D eigenvalue weighted by Gasteiger charge is -2.10. The molecule has 0 unspecified atom stereocenters. The first-order valence-electron chi connectivity index (χ1n) is 5.28. The normalized spacial score (nSPS) is 12.1. The summed E-state index contributed by atoms with van der Waals surface area (Å²) in [6.45, 7) is 2.00. The molecule has 0 amide bonds. The van der Waals surface area contributed by atoms with Crippen molar-refractivity contribution in [2.24, 2.45) is 0 Å². The molecule has 1 aromatic carbocycles. The molecule has 2 N–H and O–H groups in total. The van der Waals surface area contributed by atoms with Gasteiger partial charge in [-0.2, -0.15) is 0 Å². The first-order valence-corrected chi connectivity index (χ1v) is 6.09. The predicted molar refractivity (Wildman–Crippen MR) is 66.9 cm³/mol. The quantitative estimate of drug-likeness (QED) is 0.575. The molecule has 4 nitrogen and oxygen atoms in total. The zero-order valence-corrected chi connectivity index (χ0v) is 10.4. The standard InChI is InChI=1S/C12H15NO3S/c1-9-2-5-11(6-3-9)17-13-10(8-14)4-7-12(15)16/h2-3,5-6,8,10,13H,4,7H2,1H3,(H,15,16)/t10-/m0/s1. The molecule has 0 bridgehead atoms. The van der Waals surface area contributed by atoms with Gasteiger partial charge in [-0.25, -0.2) is 4.72 Å². The fraction of sp³-hybridized carbons (Fsp3) is 0.333. The Hall–Kier alpha value is -1.33. The topological polar surface area (TPSA) is 66.4 Å². The third kappa shape index (κ3) is 5.51. The number of aryl methyl sites for hydroxylation is 1. The Morgan fingerprint density at radius 2 is 2.12 bits per heavy atom. The van der Waals surface area contributed by atoms with Crippen LogP contribution < -0.4 is 4.72 Å². The van der Waals surface area contributed by atoms with Crippen molar-refractivity contribution in [3.63, 3.8) is 0 Å². The van der Waals surface area contributed by atoms with Crippen LogP contribution in [0.15, 0.2) is 29.2 Å². The number of hydrogen-bond donors (Lipinski definition) is 2. The van der Waals surface area contributed by atoms with E-state index in [1.807, 2.05) is 31.2 Å². The van der Waals surface area contributed by atoms with Gasteiger partial charge in [-0.15, -0.1) is 0 Å². The number of aldehydes is 1. The van der Waals surface area contributed by atoms with Crippen LogP contribution in [0.5, 0.6) is 0 Å². The summed E-state index contributed by atoms with van der Waals surface area (Å²) in [7, 11) is 0. The minimum absolute atomic E-state index is 0.00906. The summed E-state index contributed by atoms with van der Waals surface area (Å²) in [5.41, 5.74) is 1.17. The lowest BCUT2D eigenvalue weighted by Crippen LogP contribution is -2.25. The van der Waals surface area contributed by atoms with Crippen LogP contribution in [0, 0.1) is 6.92 Å². The summed E-state index contributed by atoms with van der Waals surface area (Å²) in [6, 6.07) is 7.43. The van der Waals surface area contributed by atoms with E-state index in [2.05, 4.69) is 4.72 Å². The monoisotopic (exact) mass is 253 g/mol. The summed E-state index contributed by atoms with van der Waals surface area (Å²) >= 11 is 1.34. The third-order valence-electron chi connectivity index (χ3n) is 2.18. The highest BCUT2D eigenvalue weighted by molar-refractivity contribution is 7.97. The van der Waals surface area contributed by atoms with Gasteiger partial charge in [0.15, 0.2) is 0 Å². The highest BCUT2D eigenvalue weighted by atomic mass is 32.2. The Kier molecular flexibility index (Phi) is 5.72. The number of carboxylic acids is 1. The fourth-order valence-electron chi connectivity index (χ4n) is 1.18. The molecule has 0 heterocycles. The van der Waals surface area contributed by atoms with Gasteiger partial charge in [-0.05, 0) is 37.4 Å². The average Bonchev–Trinajstić information content (AvgIpc) is 2.31. The zero-order chi connectivity index (χ0) is 12.7. The number of carbonyl (C=O) groups is 2. The van der Waals surface area contributed by atoms with E-state index in [1.165, 1.54) is 17.5 Å². The van der Waals surface area contributed by atoms with Crippen LogP contribution in [0.3, 0.4) is 0 Å². The molecule has 0 aliphatic carbocycles. The molecule has 0 aliphatic heterocycles. The van der Waals surface area contributed by atoms with Gasteiger partial charge in [0.05, 0.1) is 6.04 Å². The van der Waals surface area contributed by atoms with Crippen molar-refractivity contribution in [3.8, 4) is 0 Å². The van der Waals surface area contributed by atoms with Crippen molar-refractivity contribution in [1.82, 2.24) is 4.72 Å². The van der Waals surface area contributed by atoms with Crippen molar-refractivity contribution in [3.05, 3.63) is 29.8 Å². The van der Waals surface area contributed by atoms with E-state index in [0.717, 1.165) is 11.2 Å². The molecule has 92 valence electrons. The van der Waals surface area contributed by atoms with Gasteiger partial charge >= 0.3 is 5.97 Å². The molecule has 0 aliphatic rings. The van der Waals surface area contributed by atoms with Crippen LogP contribution in [0.25, 0.3) is 0 Å². The molecule has 5 heteroatoms. The highest BCUT2D eigenvalue weighted by Crippen LogP contribution is 2.16. The van der Waals surface area contributed by atoms with E-state index in [-0.39, 0.29) is 6.42 Å². The van der Waals surface area contributed by atoms with Crippen LogP contribution >= 0.6 is 11.9 Å². The van der Waals surface area contributed by atoms with Gasteiger partial charge in [0.1, 0.15) is 6.29 Å². The Morgan fingerprint density at radius 1 is 1.47 bits per heavy atom. The molecule has 0 fully saturated rings. The second-order valence-electron chi connectivity index (χ2n) is 3.71. The van der Waals surface area contributed by atoms with Gasteiger partial charge < -0.3 is 9.90 Å². The summed E-state index contributed by atoms with van der Waals surface area (Å²) in [4.78, 5) is 22.1. The van der Waals surface area contributed by atoms with E-state index in [4.69, 9.17) is 5.11 Å². The molecular formula is C12H15NO3S. The lowest BCUT2D eigenvalue weighted by molar-refractivity contribution is -0.137. The summed E-state index contributed by atoms with van der Waals surface area (Å²) in [5.74, 6) is -0.890. The minimum Gasteiger partial charge on any atom is -0.481 e. The van der Waals surface area contributed by atoms with Gasteiger partial charge in [0.2, 0.25) is 0 Å². The molecule has 0 saturated carbocycles. The molecule has 0 spiro atoms. The van der Waals surface area contributed by atoms with Crippen molar-refractivity contribution < 1.29 is 14.7 Å². The zero-order valence-electron chi connectivity index (χ0n) is 9.55. The number of aliphatic carboxylic acids is 1. The van der Waals surface area contributed by atoms with Crippen LogP contribution in [0.4, 0.5) is 0 Å². The van der Waals surface area contributed by atoms with Crippen LogP contribution in [0.1, 0.15) is 18.4 Å². The van der Waals surface area contributed by atoms with Crippen LogP contribution in [0.2, 0.25) is 0 Å². The van der Waals surface area contributed by atoms with Crippen molar-refractivity contribution in [1.29, 1.82) is 0 Å². The molecule has 0 radical (unpaired) electrons. The van der Waals surface area contributed by atoms with Gasteiger partial charge in [0, 0.05) is 11.3 Å². The number of rotatable bonds is 7. The molecule has 0 aromatic heterocycles. The fourth-order valence-corrected chi connectivity index (χ4v) is 1.92. The van der Waals surface area contributed by atoms with Crippen molar-refractivity contribution in [2.45, 2.75) is 30.7 Å². The third-order valence-corrected chi connectivity index (χ3v) is 3.11. The number of nitrogens with one attached hydrogen (secondary N) is 1. The van der Waals surface area contributed by atoms with Crippen molar-refractivity contribution >= 4 is 24.2 Å². The van der Waals surface area contributed by atoms with Gasteiger partial charge in [0.25, 0.3) is 0 Å².